The molecule has 0 radical (unpaired) electrons. The van der Waals surface area contributed by atoms with E-state index in [4.69, 9.17) is 9.47 Å². The van der Waals surface area contributed by atoms with Crippen LogP contribution in [0.2, 0.25) is 0 Å². The molecule has 3 heteroatoms. The van der Waals surface area contributed by atoms with Gasteiger partial charge in [-0.3, -0.25) is 4.79 Å². The smallest absolute Gasteiger partial charge is 0.311 e. The van der Waals surface area contributed by atoms with Gasteiger partial charge in [-0.2, -0.15) is 0 Å². The third-order valence-corrected chi connectivity index (χ3v) is 5.69. The van der Waals surface area contributed by atoms with Crippen molar-refractivity contribution in [2.24, 2.45) is 5.92 Å². The van der Waals surface area contributed by atoms with Crippen LogP contribution in [0.15, 0.2) is 18.2 Å². The molecule has 0 amide bonds. The first-order valence-electron chi connectivity index (χ1n) is 9.53. The molecule has 0 heterocycles. The summed E-state index contributed by atoms with van der Waals surface area (Å²) in [4.78, 5) is 11.8. The van der Waals surface area contributed by atoms with Crippen LogP contribution < -0.4 is 4.74 Å². The maximum Gasteiger partial charge on any atom is 0.311 e. The van der Waals surface area contributed by atoms with E-state index in [-0.39, 0.29) is 29.5 Å². The highest BCUT2D eigenvalue weighted by atomic mass is 16.7. The van der Waals surface area contributed by atoms with E-state index in [0.717, 1.165) is 25.0 Å². The summed E-state index contributed by atoms with van der Waals surface area (Å²) in [5.41, 5.74) is 2.61. The maximum absolute atomic E-state index is 11.8. The van der Waals surface area contributed by atoms with Gasteiger partial charge in [-0.05, 0) is 41.7 Å². The number of carbonyl (C=O) groups is 1. The molecule has 1 rings (SSSR count). The molecule has 0 aliphatic carbocycles. The molecule has 1 aromatic carbocycles. The lowest BCUT2D eigenvalue weighted by Gasteiger charge is -2.30. The van der Waals surface area contributed by atoms with Crippen LogP contribution in [0.25, 0.3) is 0 Å². The van der Waals surface area contributed by atoms with Crippen molar-refractivity contribution in [1.82, 2.24) is 0 Å². The Kier molecular flexibility index (Phi) is 7.52. The van der Waals surface area contributed by atoms with Gasteiger partial charge in [0.05, 0.1) is 5.92 Å². The van der Waals surface area contributed by atoms with E-state index in [9.17, 15) is 4.79 Å². The number of rotatable bonds is 9. The van der Waals surface area contributed by atoms with Gasteiger partial charge in [0.1, 0.15) is 5.75 Å². The molecule has 0 aliphatic heterocycles. The summed E-state index contributed by atoms with van der Waals surface area (Å²) in [6.45, 7) is 17.2. The van der Waals surface area contributed by atoms with Gasteiger partial charge in [0.25, 0.3) is 0 Å². The molecule has 0 aliphatic rings. The Morgan fingerprint density at radius 3 is 2.16 bits per heavy atom. The zero-order valence-corrected chi connectivity index (χ0v) is 17.4. The van der Waals surface area contributed by atoms with Crippen LogP contribution >= 0.6 is 0 Å². The minimum absolute atomic E-state index is 0.00408. The first kappa shape index (κ1) is 21.5. The minimum Gasteiger partial charge on any atom is -0.457 e. The standard InChI is InChI=1S/C22H36O3/c1-9-16(4)20(23)25-15-24-19-13-12-17(21(5,6)10-2)14-18(19)22(7,8)11-3/h12-14,16H,9-11,15H2,1-8H3. The normalized spacial score (nSPS) is 13.4. The second-order valence-corrected chi connectivity index (χ2v) is 8.22. The fourth-order valence-electron chi connectivity index (χ4n) is 2.46. The predicted octanol–water partition coefficient (Wildman–Crippen LogP) is 5.99. The van der Waals surface area contributed by atoms with Crippen LogP contribution in [0.3, 0.4) is 0 Å². The van der Waals surface area contributed by atoms with Crippen molar-refractivity contribution in [3.8, 4) is 5.75 Å². The Labute approximate surface area is 154 Å². The van der Waals surface area contributed by atoms with Gasteiger partial charge in [-0.1, -0.05) is 67.5 Å². The van der Waals surface area contributed by atoms with Crippen LogP contribution in [-0.2, 0) is 20.4 Å². The van der Waals surface area contributed by atoms with Gasteiger partial charge in [0.2, 0.25) is 6.79 Å². The fourth-order valence-corrected chi connectivity index (χ4v) is 2.46. The highest BCUT2D eigenvalue weighted by molar-refractivity contribution is 5.71. The lowest BCUT2D eigenvalue weighted by molar-refractivity contribution is -0.154. The van der Waals surface area contributed by atoms with Crippen LogP contribution in [0.4, 0.5) is 0 Å². The van der Waals surface area contributed by atoms with Crippen LogP contribution in [0, 0.1) is 5.92 Å². The van der Waals surface area contributed by atoms with Gasteiger partial charge in [0, 0.05) is 5.56 Å². The summed E-state index contributed by atoms with van der Waals surface area (Å²) in [6, 6.07) is 6.42. The molecule has 1 unspecified atom stereocenters. The molecule has 1 aromatic rings. The van der Waals surface area contributed by atoms with Crippen LogP contribution in [0.5, 0.6) is 5.75 Å². The first-order valence-corrected chi connectivity index (χ1v) is 9.53. The minimum atomic E-state index is -0.206. The second kappa shape index (κ2) is 8.73. The van der Waals surface area contributed by atoms with Gasteiger partial charge in [-0.25, -0.2) is 0 Å². The Morgan fingerprint density at radius 1 is 1.04 bits per heavy atom. The van der Waals surface area contributed by atoms with E-state index < -0.39 is 0 Å². The highest BCUT2D eigenvalue weighted by Gasteiger charge is 2.26. The summed E-state index contributed by atoms with van der Waals surface area (Å²) < 4.78 is 11.1. The molecule has 3 nitrogen and oxygen atoms in total. The third kappa shape index (κ3) is 5.49. The molecule has 0 aromatic heterocycles. The van der Waals surface area contributed by atoms with Crippen molar-refractivity contribution in [3.05, 3.63) is 29.3 Å². The topological polar surface area (TPSA) is 35.5 Å². The Hall–Kier alpha value is -1.51. The SMILES string of the molecule is CCC(C)C(=O)OCOc1ccc(C(C)(C)CC)cc1C(C)(C)CC. The molecule has 0 fully saturated rings. The number of hydrogen-bond acceptors (Lipinski definition) is 3. The van der Waals surface area contributed by atoms with Gasteiger partial charge < -0.3 is 9.47 Å². The summed E-state index contributed by atoms with van der Waals surface area (Å²) in [5, 5.41) is 0. The van der Waals surface area contributed by atoms with Crippen LogP contribution in [0.1, 0.15) is 85.8 Å². The van der Waals surface area contributed by atoms with Crippen LogP contribution in [-0.4, -0.2) is 12.8 Å². The van der Waals surface area contributed by atoms with Crippen molar-refractivity contribution in [3.63, 3.8) is 0 Å². The first-order chi connectivity index (χ1) is 11.6. The van der Waals surface area contributed by atoms with Crippen molar-refractivity contribution < 1.29 is 14.3 Å². The monoisotopic (exact) mass is 348 g/mol. The van der Waals surface area contributed by atoms with Gasteiger partial charge >= 0.3 is 5.97 Å². The Balaban J connectivity index is 3.04. The van der Waals surface area contributed by atoms with E-state index in [1.807, 2.05) is 19.9 Å². The lowest BCUT2D eigenvalue weighted by atomic mass is 9.76. The summed E-state index contributed by atoms with van der Waals surface area (Å²) in [7, 11) is 0. The largest absolute Gasteiger partial charge is 0.457 e. The molecule has 1 atom stereocenters. The second-order valence-electron chi connectivity index (χ2n) is 8.22. The van der Waals surface area contributed by atoms with E-state index in [1.165, 1.54) is 11.1 Å². The molecule has 0 N–H and O–H groups in total. The van der Waals surface area contributed by atoms with Crippen molar-refractivity contribution >= 4 is 5.97 Å². The quantitative estimate of drug-likeness (QED) is 0.406. The molecule has 142 valence electrons. The van der Waals surface area contributed by atoms with E-state index in [2.05, 4.69) is 53.7 Å². The molecular formula is C22H36O3. The number of hydrogen-bond donors (Lipinski definition) is 0. The lowest BCUT2D eigenvalue weighted by Crippen LogP contribution is -2.22. The third-order valence-electron chi connectivity index (χ3n) is 5.69. The van der Waals surface area contributed by atoms with Crippen molar-refractivity contribution in [2.75, 3.05) is 6.79 Å². The highest BCUT2D eigenvalue weighted by Crippen LogP contribution is 2.38. The average Bonchev–Trinajstić information content (AvgIpc) is 2.60. The number of ether oxygens (including phenoxy) is 2. The van der Waals surface area contributed by atoms with Gasteiger partial charge in [-0.15, -0.1) is 0 Å². The molecular weight excluding hydrogens is 312 g/mol. The zero-order valence-electron chi connectivity index (χ0n) is 17.4. The molecule has 0 bridgehead atoms. The summed E-state index contributed by atoms with van der Waals surface area (Å²) >= 11 is 0. The van der Waals surface area contributed by atoms with E-state index in [1.54, 1.807) is 0 Å². The Bertz CT molecular complexity index is 573. The maximum atomic E-state index is 11.8. The molecule has 0 saturated carbocycles. The average molecular weight is 349 g/mol. The predicted molar refractivity (Wildman–Crippen MR) is 104 cm³/mol. The number of carbonyl (C=O) groups excluding carboxylic acids is 1. The molecule has 0 saturated heterocycles. The molecule has 25 heavy (non-hydrogen) atoms. The number of esters is 1. The summed E-state index contributed by atoms with van der Waals surface area (Å²) in [6.07, 6.45) is 2.85. The zero-order chi connectivity index (χ0) is 19.3. The Morgan fingerprint density at radius 2 is 1.64 bits per heavy atom. The summed E-state index contributed by atoms with van der Waals surface area (Å²) in [5.74, 6) is 0.505. The number of benzene rings is 1. The van der Waals surface area contributed by atoms with Crippen molar-refractivity contribution in [2.45, 2.75) is 85.5 Å². The molecule has 0 spiro atoms. The van der Waals surface area contributed by atoms with E-state index >= 15 is 0 Å². The fraction of sp³-hybridized carbons (Fsp3) is 0.682. The van der Waals surface area contributed by atoms with Gasteiger partial charge in [0.15, 0.2) is 0 Å². The van der Waals surface area contributed by atoms with E-state index in [0.29, 0.717) is 0 Å². The van der Waals surface area contributed by atoms with Crippen molar-refractivity contribution in [1.29, 1.82) is 0 Å².